The van der Waals surface area contributed by atoms with Crippen LogP contribution in [0.3, 0.4) is 0 Å². The minimum absolute atomic E-state index is 0.0755. The first-order valence-corrected chi connectivity index (χ1v) is 11.5. The molecule has 2 aromatic rings. The van der Waals surface area contributed by atoms with E-state index in [9.17, 15) is 13.2 Å². The van der Waals surface area contributed by atoms with E-state index in [1.165, 1.54) is 0 Å². The molecule has 1 N–H and O–H groups in total. The summed E-state index contributed by atoms with van der Waals surface area (Å²) in [5.41, 5.74) is 3.05. The number of aryl methyl sites for hydroxylation is 1. The molecule has 0 saturated carbocycles. The Labute approximate surface area is 166 Å². The summed E-state index contributed by atoms with van der Waals surface area (Å²) in [6, 6.07) is 3.60. The number of ketones is 1. The summed E-state index contributed by atoms with van der Waals surface area (Å²) >= 11 is 0. The lowest BCUT2D eigenvalue weighted by molar-refractivity contribution is 0.0913. The third kappa shape index (κ3) is 3.19. The van der Waals surface area contributed by atoms with Crippen molar-refractivity contribution in [2.75, 3.05) is 32.7 Å². The van der Waals surface area contributed by atoms with Crippen molar-refractivity contribution in [3.05, 3.63) is 29.0 Å². The smallest absolute Gasteiger partial charge is 0.243 e. The Bertz CT molecular complexity index is 1040. The number of hydrogen-bond donors (Lipinski definition) is 1. The summed E-state index contributed by atoms with van der Waals surface area (Å²) in [6.07, 6.45) is 1.32. The van der Waals surface area contributed by atoms with Crippen LogP contribution in [0, 0.1) is 12.3 Å². The van der Waals surface area contributed by atoms with Gasteiger partial charge in [0.05, 0.1) is 4.90 Å². The fourth-order valence-corrected chi connectivity index (χ4v) is 6.26. The van der Waals surface area contributed by atoms with Gasteiger partial charge in [-0.15, -0.1) is 0 Å². The zero-order valence-electron chi connectivity index (χ0n) is 17.1. The van der Waals surface area contributed by atoms with Crippen LogP contribution in [0.4, 0.5) is 0 Å². The van der Waals surface area contributed by atoms with Crippen LogP contribution in [0.15, 0.2) is 17.0 Å². The van der Waals surface area contributed by atoms with Crippen LogP contribution in [0.1, 0.15) is 48.8 Å². The Kier molecular flexibility index (Phi) is 4.68. The molecule has 2 heterocycles. The Morgan fingerprint density at radius 3 is 2.43 bits per heavy atom. The number of sulfonamides is 1. The average Bonchev–Trinajstić information content (AvgIpc) is 2.96. The van der Waals surface area contributed by atoms with Crippen molar-refractivity contribution in [2.24, 2.45) is 5.41 Å². The molecule has 1 aromatic heterocycles. The van der Waals surface area contributed by atoms with Gasteiger partial charge in [0, 0.05) is 54.8 Å². The number of nitrogens with zero attached hydrogens (tertiary/aromatic N) is 2. The van der Waals surface area contributed by atoms with Gasteiger partial charge in [0.25, 0.3) is 0 Å². The highest BCUT2D eigenvalue weighted by Crippen LogP contribution is 2.39. The number of hydrogen-bond acceptors (Lipinski definition) is 4. The molecular weight excluding hydrogens is 374 g/mol. The number of H-pyrrole nitrogens is 1. The predicted octanol–water partition coefficient (Wildman–Crippen LogP) is 2.96. The van der Waals surface area contributed by atoms with E-state index in [1.54, 1.807) is 10.4 Å². The quantitative estimate of drug-likeness (QED) is 0.855. The molecule has 6 nitrogen and oxygen atoms in total. The number of Topliss-reactive ketones (excluding diaryl/α,β-unsaturated/α-hetero) is 1. The van der Waals surface area contributed by atoms with Crippen molar-refractivity contribution < 1.29 is 13.2 Å². The van der Waals surface area contributed by atoms with Crippen LogP contribution in [0.2, 0.25) is 0 Å². The first-order chi connectivity index (χ1) is 13.1. The van der Waals surface area contributed by atoms with E-state index < -0.39 is 10.0 Å². The molecule has 0 radical (unpaired) electrons. The molecule has 28 heavy (non-hydrogen) atoms. The number of fused-ring (bicyclic) bond motifs is 3. The third-order valence-electron chi connectivity index (χ3n) is 6.14. The fourth-order valence-electron chi connectivity index (χ4n) is 4.60. The fraction of sp³-hybridized carbons (Fsp3) is 0.571. The maximum absolute atomic E-state index is 13.3. The number of benzene rings is 1. The minimum atomic E-state index is -3.55. The van der Waals surface area contributed by atoms with Crippen molar-refractivity contribution in [3.63, 3.8) is 0 Å². The lowest BCUT2D eigenvalue weighted by Crippen LogP contribution is -2.48. The van der Waals surface area contributed by atoms with Gasteiger partial charge in [-0.25, -0.2) is 8.42 Å². The molecule has 0 amide bonds. The van der Waals surface area contributed by atoms with Crippen LogP contribution in [-0.4, -0.2) is 61.1 Å². The standard InChI is InChI=1S/C21H29N3O3S/c1-5-23-6-8-24(9-7-23)28(26,27)19-11-16-15(10-14(19)2)20-17(22-16)12-21(3,4)13-18(20)25/h10-11,22H,5-9,12-13H2,1-4H3. The molecule has 1 aliphatic heterocycles. The molecule has 0 spiro atoms. The molecule has 2 aliphatic rings. The normalized spacial score (nSPS) is 21.2. The van der Waals surface area contributed by atoms with Crippen LogP contribution in [0.25, 0.3) is 10.9 Å². The van der Waals surface area contributed by atoms with Gasteiger partial charge in [0.1, 0.15) is 0 Å². The van der Waals surface area contributed by atoms with Gasteiger partial charge in [-0.05, 0) is 43.0 Å². The molecular formula is C21H29N3O3S. The highest BCUT2D eigenvalue weighted by molar-refractivity contribution is 7.89. The Morgan fingerprint density at radius 2 is 1.79 bits per heavy atom. The van der Waals surface area contributed by atoms with Gasteiger partial charge < -0.3 is 9.88 Å². The van der Waals surface area contributed by atoms with E-state index >= 15 is 0 Å². The number of nitrogens with one attached hydrogen (secondary N) is 1. The lowest BCUT2D eigenvalue weighted by Gasteiger charge is -2.33. The Hall–Kier alpha value is -1.70. The van der Waals surface area contributed by atoms with E-state index in [4.69, 9.17) is 0 Å². The van der Waals surface area contributed by atoms with Gasteiger partial charge >= 0.3 is 0 Å². The van der Waals surface area contributed by atoms with Crippen LogP contribution < -0.4 is 0 Å². The molecule has 0 unspecified atom stereocenters. The molecule has 4 rings (SSSR count). The van der Waals surface area contributed by atoms with Crippen LogP contribution in [-0.2, 0) is 16.4 Å². The molecule has 1 aliphatic carbocycles. The van der Waals surface area contributed by atoms with Gasteiger partial charge in [-0.1, -0.05) is 20.8 Å². The molecule has 0 atom stereocenters. The van der Waals surface area contributed by atoms with Gasteiger partial charge in [0.15, 0.2) is 5.78 Å². The summed E-state index contributed by atoms with van der Waals surface area (Å²) in [4.78, 5) is 18.7. The monoisotopic (exact) mass is 403 g/mol. The number of carbonyl (C=O) groups is 1. The van der Waals surface area contributed by atoms with E-state index in [0.717, 1.165) is 48.2 Å². The molecule has 1 fully saturated rings. The van der Waals surface area contributed by atoms with Crippen molar-refractivity contribution in [1.82, 2.24) is 14.2 Å². The Balaban J connectivity index is 1.75. The molecule has 1 saturated heterocycles. The van der Waals surface area contributed by atoms with Gasteiger partial charge in [0.2, 0.25) is 10.0 Å². The highest BCUT2D eigenvalue weighted by Gasteiger charge is 2.35. The summed E-state index contributed by atoms with van der Waals surface area (Å²) in [6.45, 7) is 11.6. The highest BCUT2D eigenvalue weighted by atomic mass is 32.2. The SMILES string of the molecule is CCN1CCN(S(=O)(=O)c2cc3[nH]c4c(c3cc2C)C(=O)CC(C)(C)C4)CC1. The maximum atomic E-state index is 13.3. The number of aromatic nitrogens is 1. The first-order valence-electron chi connectivity index (χ1n) is 10.0. The van der Waals surface area contributed by atoms with Crippen molar-refractivity contribution >= 4 is 26.7 Å². The van der Waals surface area contributed by atoms with Gasteiger partial charge in [-0.2, -0.15) is 4.31 Å². The third-order valence-corrected chi connectivity index (χ3v) is 8.18. The van der Waals surface area contributed by atoms with Gasteiger partial charge in [-0.3, -0.25) is 4.79 Å². The second-order valence-electron chi connectivity index (χ2n) is 8.92. The van der Waals surface area contributed by atoms with Crippen LogP contribution >= 0.6 is 0 Å². The largest absolute Gasteiger partial charge is 0.358 e. The van der Waals surface area contributed by atoms with E-state index in [1.807, 2.05) is 13.0 Å². The molecule has 152 valence electrons. The predicted molar refractivity (Wildman–Crippen MR) is 110 cm³/mol. The first kappa shape index (κ1) is 19.6. The van der Waals surface area contributed by atoms with E-state index in [-0.39, 0.29) is 11.2 Å². The Morgan fingerprint density at radius 1 is 1.11 bits per heavy atom. The second-order valence-corrected chi connectivity index (χ2v) is 10.8. The van der Waals surface area contributed by atoms with E-state index in [0.29, 0.717) is 30.0 Å². The van der Waals surface area contributed by atoms with E-state index in [2.05, 4.69) is 30.7 Å². The van der Waals surface area contributed by atoms with Crippen molar-refractivity contribution in [1.29, 1.82) is 0 Å². The lowest BCUT2D eigenvalue weighted by atomic mass is 9.76. The number of carbonyl (C=O) groups excluding carboxylic acids is 1. The summed E-state index contributed by atoms with van der Waals surface area (Å²) in [7, 11) is -3.55. The van der Waals surface area contributed by atoms with Crippen molar-refractivity contribution in [3.8, 4) is 0 Å². The number of piperazine rings is 1. The minimum Gasteiger partial charge on any atom is -0.358 e. The average molecular weight is 404 g/mol. The number of likely N-dealkylation sites (N-methyl/N-ethyl adjacent to an activating group) is 1. The molecule has 7 heteroatoms. The topological polar surface area (TPSA) is 73.5 Å². The second kappa shape index (κ2) is 6.68. The zero-order valence-corrected chi connectivity index (χ0v) is 17.9. The number of aromatic amines is 1. The summed E-state index contributed by atoms with van der Waals surface area (Å²) in [5.74, 6) is 0.142. The summed E-state index contributed by atoms with van der Waals surface area (Å²) in [5, 5.41) is 0.850. The zero-order chi connectivity index (χ0) is 20.3. The van der Waals surface area contributed by atoms with Crippen LogP contribution in [0.5, 0.6) is 0 Å². The maximum Gasteiger partial charge on any atom is 0.243 e. The molecule has 1 aromatic carbocycles. The summed E-state index contributed by atoms with van der Waals surface area (Å²) < 4.78 is 28.2. The molecule has 0 bridgehead atoms. The number of rotatable bonds is 3. The van der Waals surface area contributed by atoms with Crippen molar-refractivity contribution in [2.45, 2.75) is 45.4 Å².